The number of hydrogen-bond acceptors (Lipinski definition) is 4. The molecule has 0 saturated carbocycles. The zero-order valence-corrected chi connectivity index (χ0v) is 11.1. The molecule has 3 aromatic rings. The molecule has 6 nitrogen and oxygen atoms in total. The molecule has 0 aliphatic rings. The number of fused-ring (bicyclic) bond motifs is 1. The van der Waals surface area contributed by atoms with Crippen LogP contribution in [-0.4, -0.2) is 15.9 Å². The van der Waals surface area contributed by atoms with Gasteiger partial charge in [0, 0.05) is 10.9 Å². The lowest BCUT2D eigenvalue weighted by atomic mass is 10.2. The van der Waals surface area contributed by atoms with Gasteiger partial charge in [0.25, 0.3) is 0 Å². The van der Waals surface area contributed by atoms with Crippen molar-refractivity contribution in [2.24, 2.45) is 21.2 Å². The van der Waals surface area contributed by atoms with Crippen LogP contribution in [0.4, 0.5) is 5.82 Å². The number of phenolic OH excluding ortho intramolecular Hbond substituents is 1. The Kier molecular flexibility index (Phi) is 3.34. The highest BCUT2D eigenvalue weighted by Crippen LogP contribution is 2.22. The number of aromatic hydroxyl groups is 1. The fourth-order valence-electron chi connectivity index (χ4n) is 2.03. The first-order valence-electron chi connectivity index (χ1n) is 6.33. The maximum atomic E-state index is 9.78. The summed E-state index contributed by atoms with van der Waals surface area (Å²) in [5, 5.41) is 22.5. The number of hydrazone groups is 1. The largest absolute Gasteiger partial charge is 0.507 e. The Morgan fingerprint density at radius 1 is 1.05 bits per heavy atom. The molecule has 4 N–H and O–H groups in total. The Balaban J connectivity index is 1.92. The second kappa shape index (κ2) is 5.46. The van der Waals surface area contributed by atoms with E-state index in [1.54, 1.807) is 24.3 Å². The first kappa shape index (κ1) is 12.9. The quantitative estimate of drug-likeness (QED) is 0.220. The second-order valence-electron chi connectivity index (χ2n) is 4.41. The molecule has 1 aromatic heterocycles. The van der Waals surface area contributed by atoms with Crippen LogP contribution in [0.1, 0.15) is 5.56 Å². The Morgan fingerprint density at radius 2 is 1.81 bits per heavy atom. The molecular weight excluding hydrogens is 266 g/mol. The van der Waals surface area contributed by atoms with Gasteiger partial charge >= 0.3 is 0 Å². The molecule has 0 amide bonds. The van der Waals surface area contributed by atoms with Crippen molar-refractivity contribution in [2.45, 2.75) is 0 Å². The fraction of sp³-hybridized carbons (Fsp3) is 0. The van der Waals surface area contributed by atoms with Gasteiger partial charge in [-0.3, -0.25) is 0 Å². The van der Waals surface area contributed by atoms with Gasteiger partial charge in [0.2, 0.25) is 5.84 Å². The van der Waals surface area contributed by atoms with Crippen molar-refractivity contribution in [3.8, 4) is 5.75 Å². The summed E-state index contributed by atoms with van der Waals surface area (Å²) in [6.45, 7) is 0. The van der Waals surface area contributed by atoms with Crippen LogP contribution in [0, 0.1) is 0 Å². The number of rotatable bonds is 2. The molecule has 0 fully saturated rings. The number of para-hydroxylation sites is 2. The number of aromatic nitrogens is 1. The lowest BCUT2D eigenvalue weighted by Gasteiger charge is -2.00. The summed E-state index contributed by atoms with van der Waals surface area (Å²) in [5.41, 5.74) is 1.40. The molecule has 0 spiro atoms. The maximum Gasteiger partial charge on any atom is 0.204 e. The van der Waals surface area contributed by atoms with Crippen LogP contribution in [0.5, 0.6) is 5.75 Å². The van der Waals surface area contributed by atoms with Gasteiger partial charge in [-0.05, 0) is 24.3 Å². The minimum Gasteiger partial charge on any atom is -0.507 e. The third kappa shape index (κ3) is 2.59. The summed E-state index contributed by atoms with van der Waals surface area (Å²) >= 11 is 0. The van der Waals surface area contributed by atoms with E-state index in [0.29, 0.717) is 11.4 Å². The van der Waals surface area contributed by atoms with Crippen LogP contribution in [0.2, 0.25) is 0 Å². The highest BCUT2D eigenvalue weighted by molar-refractivity contribution is 6.01. The number of aromatic amines is 1. The van der Waals surface area contributed by atoms with Gasteiger partial charge in [0.15, 0.2) is 5.82 Å². The van der Waals surface area contributed by atoms with E-state index in [2.05, 4.69) is 20.3 Å². The number of benzene rings is 2. The van der Waals surface area contributed by atoms with E-state index in [1.165, 1.54) is 0 Å². The van der Waals surface area contributed by atoms with Crippen molar-refractivity contribution in [1.29, 1.82) is 0 Å². The molecule has 21 heavy (non-hydrogen) atoms. The van der Waals surface area contributed by atoms with Crippen LogP contribution < -0.4 is 5.84 Å². The summed E-state index contributed by atoms with van der Waals surface area (Å²) in [6, 6.07) is 16.4. The Morgan fingerprint density at radius 3 is 2.57 bits per heavy atom. The van der Waals surface area contributed by atoms with Crippen molar-refractivity contribution >= 4 is 22.6 Å². The number of phenols is 1. The molecule has 3 rings (SSSR count). The molecule has 0 radical (unpaired) electrons. The van der Waals surface area contributed by atoms with E-state index in [9.17, 15) is 5.11 Å². The smallest absolute Gasteiger partial charge is 0.204 e. The molecule has 6 heteroatoms. The molecule has 0 unspecified atom stereocenters. The number of hydrogen-bond donors (Lipinski definition) is 3. The van der Waals surface area contributed by atoms with E-state index in [0.717, 1.165) is 10.9 Å². The monoisotopic (exact) mass is 279 g/mol. The fourth-order valence-corrected chi connectivity index (χ4v) is 2.03. The van der Waals surface area contributed by atoms with E-state index < -0.39 is 0 Å². The van der Waals surface area contributed by atoms with Crippen LogP contribution in [0.3, 0.4) is 0 Å². The zero-order chi connectivity index (χ0) is 14.7. The van der Waals surface area contributed by atoms with Crippen LogP contribution in [0.25, 0.3) is 10.9 Å². The van der Waals surface area contributed by atoms with Gasteiger partial charge in [-0.2, -0.15) is 5.10 Å². The second-order valence-corrected chi connectivity index (χ2v) is 4.41. The molecule has 0 aliphatic heterocycles. The molecule has 0 saturated heterocycles. The van der Waals surface area contributed by atoms with Gasteiger partial charge in [0.05, 0.1) is 5.56 Å². The molecule has 0 aliphatic carbocycles. The standard InChI is InChI=1S/C15H13N5O/c16-18-15(11-6-2-4-8-13(11)21)20-19-14-9-10-5-1-3-7-12(10)17-14/h1-9,17,21H,16H2/b18-15+,20-19?. The number of nitrogens with one attached hydrogen (secondary N) is 1. The molecule has 0 atom stereocenters. The molecule has 1 heterocycles. The van der Waals surface area contributed by atoms with Crippen molar-refractivity contribution in [3.63, 3.8) is 0 Å². The Bertz CT molecular complexity index is 802. The summed E-state index contributed by atoms with van der Waals surface area (Å²) in [5.74, 6) is 6.13. The minimum absolute atomic E-state index is 0.0531. The summed E-state index contributed by atoms with van der Waals surface area (Å²) in [6.07, 6.45) is 0. The van der Waals surface area contributed by atoms with Gasteiger partial charge < -0.3 is 15.9 Å². The Labute approximate surface area is 120 Å². The summed E-state index contributed by atoms with van der Waals surface area (Å²) in [7, 11) is 0. The Hall–Kier alpha value is -3.15. The van der Waals surface area contributed by atoms with E-state index >= 15 is 0 Å². The first-order chi connectivity index (χ1) is 10.3. The van der Waals surface area contributed by atoms with Crippen LogP contribution in [-0.2, 0) is 0 Å². The first-order valence-corrected chi connectivity index (χ1v) is 6.33. The summed E-state index contributed by atoms with van der Waals surface area (Å²) < 4.78 is 0. The number of H-pyrrole nitrogens is 1. The normalized spacial score (nSPS) is 12.3. The average Bonchev–Trinajstić information content (AvgIpc) is 2.92. The van der Waals surface area contributed by atoms with Crippen LogP contribution >= 0.6 is 0 Å². The molecular formula is C15H13N5O. The lowest BCUT2D eigenvalue weighted by molar-refractivity contribution is 0.474. The van der Waals surface area contributed by atoms with E-state index in [-0.39, 0.29) is 11.6 Å². The third-order valence-corrected chi connectivity index (χ3v) is 3.04. The van der Waals surface area contributed by atoms with E-state index in [1.807, 2.05) is 30.3 Å². The topological polar surface area (TPSA) is 99.1 Å². The highest BCUT2D eigenvalue weighted by atomic mass is 16.3. The summed E-state index contributed by atoms with van der Waals surface area (Å²) in [4.78, 5) is 3.12. The van der Waals surface area contributed by atoms with Gasteiger partial charge in [-0.15, -0.1) is 10.2 Å². The molecule has 2 aromatic carbocycles. The lowest BCUT2D eigenvalue weighted by Crippen LogP contribution is -2.00. The van der Waals surface area contributed by atoms with Crippen molar-refractivity contribution in [3.05, 3.63) is 60.2 Å². The van der Waals surface area contributed by atoms with Crippen LogP contribution in [0.15, 0.2) is 69.9 Å². The zero-order valence-electron chi connectivity index (χ0n) is 11.1. The number of nitrogens with zero attached hydrogens (tertiary/aromatic N) is 3. The number of nitrogens with two attached hydrogens (primary N) is 1. The van der Waals surface area contributed by atoms with Crippen molar-refractivity contribution in [1.82, 2.24) is 4.98 Å². The average molecular weight is 279 g/mol. The molecule has 104 valence electrons. The minimum atomic E-state index is 0.0531. The van der Waals surface area contributed by atoms with Crippen molar-refractivity contribution < 1.29 is 5.11 Å². The van der Waals surface area contributed by atoms with Gasteiger partial charge in [-0.25, -0.2) is 0 Å². The third-order valence-electron chi connectivity index (χ3n) is 3.04. The van der Waals surface area contributed by atoms with Gasteiger partial charge in [0.1, 0.15) is 5.75 Å². The predicted octanol–water partition coefficient (Wildman–Crippen LogP) is 3.28. The van der Waals surface area contributed by atoms with E-state index in [4.69, 9.17) is 5.84 Å². The van der Waals surface area contributed by atoms with Crippen molar-refractivity contribution in [2.75, 3.05) is 0 Å². The maximum absolute atomic E-state index is 9.78. The predicted molar refractivity (Wildman–Crippen MR) is 81.6 cm³/mol. The number of amidine groups is 1. The number of azo groups is 1. The SMILES string of the molecule is N/N=C(/N=Nc1cc2ccccc2[nH]1)c1ccccc1O. The van der Waals surface area contributed by atoms with Gasteiger partial charge in [-0.1, -0.05) is 30.3 Å². The highest BCUT2D eigenvalue weighted by Gasteiger charge is 2.07. The molecule has 0 bridgehead atoms.